The summed E-state index contributed by atoms with van der Waals surface area (Å²) in [6.07, 6.45) is 5.16. The largest absolute Gasteiger partial charge is 0.480 e. The van der Waals surface area contributed by atoms with E-state index in [0.29, 0.717) is 6.42 Å². The van der Waals surface area contributed by atoms with Gasteiger partial charge in [-0.3, -0.25) is 4.99 Å². The minimum Gasteiger partial charge on any atom is -0.480 e. The maximum Gasteiger partial charge on any atom is 0.328 e. The summed E-state index contributed by atoms with van der Waals surface area (Å²) in [7, 11) is 0. The van der Waals surface area contributed by atoms with Gasteiger partial charge >= 0.3 is 5.97 Å². The van der Waals surface area contributed by atoms with Gasteiger partial charge in [-0.1, -0.05) is 13.0 Å². The molecule has 0 amide bonds. The molecule has 0 aromatic heterocycles. The molecule has 0 aromatic carbocycles. The van der Waals surface area contributed by atoms with Crippen LogP contribution in [0, 0.1) is 0 Å². The molecule has 3 heteroatoms. The zero-order valence-corrected chi connectivity index (χ0v) is 6.45. The quantitative estimate of drug-likeness (QED) is 0.649. The predicted molar refractivity (Wildman–Crippen MR) is 42.9 cm³/mol. The number of hydrogen-bond acceptors (Lipinski definition) is 2. The molecule has 0 fully saturated rings. The topological polar surface area (TPSA) is 49.7 Å². The lowest BCUT2D eigenvalue weighted by molar-refractivity contribution is -0.138. The van der Waals surface area contributed by atoms with Gasteiger partial charge in [0.1, 0.15) is 0 Å². The van der Waals surface area contributed by atoms with Crippen LogP contribution in [0.5, 0.6) is 0 Å². The molecule has 0 radical (unpaired) electrons. The van der Waals surface area contributed by atoms with E-state index in [-0.39, 0.29) is 0 Å². The number of allylic oxidation sites excluding steroid dienone is 1. The Morgan fingerprint density at radius 3 is 3.18 bits per heavy atom. The molecule has 1 rings (SSSR count). The van der Waals surface area contributed by atoms with Gasteiger partial charge in [0, 0.05) is 12.6 Å². The number of nitrogens with zero attached hydrogens (tertiary/aromatic N) is 1. The summed E-state index contributed by atoms with van der Waals surface area (Å²) in [5, 5.41) is 8.56. The number of carboxylic acids is 1. The molecule has 1 aliphatic rings. The Morgan fingerprint density at radius 1 is 2.00 bits per heavy atom. The van der Waals surface area contributed by atoms with Crippen molar-refractivity contribution in [3.8, 4) is 0 Å². The lowest BCUT2D eigenvalue weighted by atomic mass is 10.1. The fourth-order valence-corrected chi connectivity index (χ4v) is 1.06. The molecule has 0 aromatic rings. The van der Waals surface area contributed by atoms with E-state index in [2.05, 4.69) is 4.99 Å². The Labute approximate surface area is 65.4 Å². The van der Waals surface area contributed by atoms with E-state index < -0.39 is 12.0 Å². The molecule has 0 unspecified atom stereocenters. The minimum absolute atomic E-state index is 0.534. The van der Waals surface area contributed by atoms with Crippen molar-refractivity contribution in [2.24, 2.45) is 4.99 Å². The zero-order valence-electron chi connectivity index (χ0n) is 6.45. The first-order valence-corrected chi connectivity index (χ1v) is 3.69. The van der Waals surface area contributed by atoms with E-state index in [1.165, 1.54) is 0 Å². The molecular weight excluding hydrogens is 142 g/mol. The van der Waals surface area contributed by atoms with Crippen molar-refractivity contribution in [2.75, 3.05) is 0 Å². The van der Waals surface area contributed by atoms with Crippen LogP contribution in [0.3, 0.4) is 0 Å². The van der Waals surface area contributed by atoms with E-state index in [0.717, 1.165) is 12.0 Å². The van der Waals surface area contributed by atoms with Crippen molar-refractivity contribution in [1.82, 2.24) is 0 Å². The highest BCUT2D eigenvalue weighted by Crippen LogP contribution is 2.14. The van der Waals surface area contributed by atoms with E-state index in [1.54, 1.807) is 6.21 Å². The Balaban J connectivity index is 2.56. The highest BCUT2D eigenvalue weighted by Gasteiger charge is 2.20. The van der Waals surface area contributed by atoms with Crippen LogP contribution in [0.25, 0.3) is 0 Å². The van der Waals surface area contributed by atoms with Crippen molar-refractivity contribution in [3.05, 3.63) is 11.6 Å². The molecule has 1 aliphatic heterocycles. The molecule has 0 saturated heterocycles. The third-order valence-corrected chi connectivity index (χ3v) is 1.60. The molecule has 11 heavy (non-hydrogen) atoms. The summed E-state index contributed by atoms with van der Waals surface area (Å²) in [5.74, 6) is -0.833. The number of aliphatic carboxylic acids is 1. The standard InChI is InChI=1S/C8H11NO2/c1-2-3-6-4-7(8(10)11)9-5-6/h3,5,7H,2,4H2,1H3,(H,10,11)/b6-3-/t7-/m0/s1. The van der Waals surface area contributed by atoms with Crippen molar-refractivity contribution < 1.29 is 9.90 Å². The van der Waals surface area contributed by atoms with Crippen LogP contribution in [0.15, 0.2) is 16.6 Å². The van der Waals surface area contributed by atoms with Gasteiger partial charge in [0.05, 0.1) is 0 Å². The number of rotatable bonds is 2. The Hall–Kier alpha value is -1.12. The van der Waals surface area contributed by atoms with Gasteiger partial charge in [-0.15, -0.1) is 0 Å². The van der Waals surface area contributed by atoms with E-state index in [1.807, 2.05) is 13.0 Å². The van der Waals surface area contributed by atoms with E-state index in [9.17, 15) is 4.79 Å². The summed E-state index contributed by atoms with van der Waals surface area (Å²) >= 11 is 0. The van der Waals surface area contributed by atoms with Crippen LogP contribution < -0.4 is 0 Å². The van der Waals surface area contributed by atoms with Gasteiger partial charge < -0.3 is 5.11 Å². The maximum absolute atomic E-state index is 10.4. The summed E-state index contributed by atoms with van der Waals surface area (Å²) < 4.78 is 0. The molecule has 1 N–H and O–H groups in total. The molecule has 0 aliphatic carbocycles. The fraction of sp³-hybridized carbons (Fsp3) is 0.500. The van der Waals surface area contributed by atoms with Crippen LogP contribution in [0.2, 0.25) is 0 Å². The average molecular weight is 153 g/mol. The Bertz CT molecular complexity index is 218. The van der Waals surface area contributed by atoms with Crippen LogP contribution in [0.1, 0.15) is 19.8 Å². The van der Waals surface area contributed by atoms with Gasteiger partial charge in [-0.05, 0) is 12.0 Å². The molecule has 0 saturated carbocycles. The summed E-state index contributed by atoms with van der Waals surface area (Å²) in [6.45, 7) is 2.02. The molecule has 0 bridgehead atoms. The second-order valence-electron chi connectivity index (χ2n) is 2.52. The summed E-state index contributed by atoms with van der Waals surface area (Å²) in [5.41, 5.74) is 1.04. The molecular formula is C8H11NO2. The molecule has 1 heterocycles. The van der Waals surface area contributed by atoms with Crippen LogP contribution in [0.4, 0.5) is 0 Å². The molecule has 60 valence electrons. The number of hydrogen-bond donors (Lipinski definition) is 1. The van der Waals surface area contributed by atoms with Gasteiger partial charge in [0.2, 0.25) is 0 Å². The zero-order chi connectivity index (χ0) is 8.27. The van der Waals surface area contributed by atoms with Crippen molar-refractivity contribution in [3.63, 3.8) is 0 Å². The first-order valence-electron chi connectivity index (χ1n) is 3.69. The smallest absolute Gasteiger partial charge is 0.328 e. The summed E-state index contributed by atoms with van der Waals surface area (Å²) in [4.78, 5) is 14.3. The second-order valence-corrected chi connectivity index (χ2v) is 2.52. The lowest BCUT2D eigenvalue weighted by Gasteiger charge is -1.97. The van der Waals surface area contributed by atoms with Gasteiger partial charge in [-0.25, -0.2) is 4.79 Å². The lowest BCUT2D eigenvalue weighted by Crippen LogP contribution is -2.14. The normalized spacial score (nSPS) is 26.3. The predicted octanol–water partition coefficient (Wildman–Crippen LogP) is 1.25. The number of aliphatic imine (C=N–C) groups is 1. The molecule has 1 atom stereocenters. The number of carbonyl (C=O) groups is 1. The maximum atomic E-state index is 10.4. The molecule has 3 nitrogen and oxygen atoms in total. The van der Waals surface area contributed by atoms with Crippen LogP contribution >= 0.6 is 0 Å². The first-order chi connectivity index (χ1) is 5.24. The minimum atomic E-state index is -0.833. The Morgan fingerprint density at radius 2 is 2.73 bits per heavy atom. The van der Waals surface area contributed by atoms with Crippen LogP contribution in [-0.4, -0.2) is 23.3 Å². The first kappa shape index (κ1) is 7.98. The Kier molecular flexibility index (Phi) is 2.41. The monoisotopic (exact) mass is 153 g/mol. The van der Waals surface area contributed by atoms with Crippen molar-refractivity contribution in [2.45, 2.75) is 25.8 Å². The van der Waals surface area contributed by atoms with Crippen LogP contribution in [-0.2, 0) is 4.79 Å². The summed E-state index contributed by atoms with van der Waals surface area (Å²) in [6, 6.07) is -0.534. The van der Waals surface area contributed by atoms with Gasteiger partial charge in [0.15, 0.2) is 6.04 Å². The highest BCUT2D eigenvalue weighted by atomic mass is 16.4. The van der Waals surface area contributed by atoms with Gasteiger partial charge in [0.25, 0.3) is 0 Å². The van der Waals surface area contributed by atoms with Crippen molar-refractivity contribution >= 4 is 12.2 Å². The highest BCUT2D eigenvalue weighted by molar-refractivity contribution is 5.88. The molecule has 0 spiro atoms. The van der Waals surface area contributed by atoms with Crippen molar-refractivity contribution in [1.29, 1.82) is 0 Å². The average Bonchev–Trinajstić information content (AvgIpc) is 2.37. The second kappa shape index (κ2) is 3.32. The van der Waals surface area contributed by atoms with Gasteiger partial charge in [-0.2, -0.15) is 0 Å². The number of carboxylic acid groups (broad SMARTS) is 1. The third kappa shape index (κ3) is 1.90. The fourth-order valence-electron chi connectivity index (χ4n) is 1.06. The third-order valence-electron chi connectivity index (χ3n) is 1.60. The van der Waals surface area contributed by atoms with E-state index in [4.69, 9.17) is 5.11 Å². The van der Waals surface area contributed by atoms with E-state index >= 15 is 0 Å². The SMILES string of the molecule is CC/C=C1\C=N[C@H](C(=O)O)C1.